The molecule has 0 atom stereocenters. The molecule has 0 saturated carbocycles. The predicted molar refractivity (Wildman–Crippen MR) is 60.0 cm³/mol. The van der Waals surface area contributed by atoms with Crippen molar-refractivity contribution in [3.8, 4) is 12.3 Å². The lowest BCUT2D eigenvalue weighted by molar-refractivity contribution is 0.0532. The van der Waals surface area contributed by atoms with Gasteiger partial charge in [0.15, 0.2) is 5.13 Å². The quantitative estimate of drug-likeness (QED) is 0.470. The molecule has 4 nitrogen and oxygen atoms in total. The Balaban J connectivity index is 2.49. The van der Waals surface area contributed by atoms with Crippen LogP contribution in [0.5, 0.6) is 0 Å². The van der Waals surface area contributed by atoms with Gasteiger partial charge in [0.1, 0.15) is 4.88 Å². The Morgan fingerprint density at radius 2 is 2.60 bits per heavy atom. The van der Waals surface area contributed by atoms with Crippen LogP contribution in [0.25, 0.3) is 0 Å². The number of carbonyl (C=O) groups excluding carboxylic acids is 1. The summed E-state index contributed by atoms with van der Waals surface area (Å²) in [7, 11) is 0. The smallest absolute Gasteiger partial charge is 0.350 e. The summed E-state index contributed by atoms with van der Waals surface area (Å²) in [5.41, 5.74) is 0. The molecule has 1 N–H and O–H groups in total. The SMILES string of the molecule is C#CCCNc1ncc(C(=O)OCC)s1. The summed E-state index contributed by atoms with van der Waals surface area (Å²) in [6, 6.07) is 0. The van der Waals surface area contributed by atoms with Gasteiger partial charge < -0.3 is 10.1 Å². The topological polar surface area (TPSA) is 51.2 Å². The number of nitrogens with one attached hydrogen (secondary N) is 1. The molecule has 0 unspecified atom stereocenters. The lowest BCUT2D eigenvalue weighted by Gasteiger charge is -1.97. The first-order chi connectivity index (χ1) is 7.27. The van der Waals surface area contributed by atoms with E-state index < -0.39 is 0 Å². The average Bonchev–Trinajstić information content (AvgIpc) is 2.67. The summed E-state index contributed by atoms with van der Waals surface area (Å²) >= 11 is 1.27. The van der Waals surface area contributed by atoms with Gasteiger partial charge in [-0.3, -0.25) is 0 Å². The molecule has 1 rings (SSSR count). The molecule has 1 aromatic rings. The number of rotatable bonds is 5. The monoisotopic (exact) mass is 224 g/mol. The van der Waals surface area contributed by atoms with Gasteiger partial charge in [0.25, 0.3) is 0 Å². The fraction of sp³-hybridized carbons (Fsp3) is 0.400. The molecule has 80 valence electrons. The van der Waals surface area contributed by atoms with Crippen LogP contribution in [-0.2, 0) is 4.74 Å². The van der Waals surface area contributed by atoms with Crippen molar-refractivity contribution in [3.05, 3.63) is 11.1 Å². The molecule has 0 aromatic carbocycles. The van der Waals surface area contributed by atoms with E-state index in [0.717, 1.165) is 0 Å². The number of aromatic nitrogens is 1. The highest BCUT2D eigenvalue weighted by atomic mass is 32.1. The molecule has 0 bridgehead atoms. The molecular weight excluding hydrogens is 212 g/mol. The van der Waals surface area contributed by atoms with Gasteiger partial charge in [-0.15, -0.1) is 12.3 Å². The molecule has 0 spiro atoms. The number of hydrogen-bond acceptors (Lipinski definition) is 5. The maximum Gasteiger partial charge on any atom is 0.350 e. The zero-order valence-corrected chi connectivity index (χ0v) is 9.26. The molecule has 0 amide bonds. The highest BCUT2D eigenvalue weighted by Crippen LogP contribution is 2.18. The number of ether oxygens (including phenoxy) is 1. The van der Waals surface area contributed by atoms with Gasteiger partial charge in [-0.25, -0.2) is 9.78 Å². The number of terminal acetylenes is 1. The summed E-state index contributed by atoms with van der Waals surface area (Å²) in [6.07, 6.45) is 7.24. The Labute approximate surface area is 92.7 Å². The summed E-state index contributed by atoms with van der Waals surface area (Å²) in [6.45, 7) is 2.80. The summed E-state index contributed by atoms with van der Waals surface area (Å²) in [5, 5.41) is 3.71. The molecule has 0 radical (unpaired) electrons. The summed E-state index contributed by atoms with van der Waals surface area (Å²) in [4.78, 5) is 15.8. The van der Waals surface area contributed by atoms with E-state index in [0.29, 0.717) is 29.6 Å². The number of nitrogens with zero attached hydrogens (tertiary/aromatic N) is 1. The van der Waals surface area contributed by atoms with Crippen molar-refractivity contribution in [1.29, 1.82) is 0 Å². The van der Waals surface area contributed by atoms with E-state index in [1.807, 2.05) is 0 Å². The molecule has 0 saturated heterocycles. The zero-order chi connectivity index (χ0) is 11.1. The van der Waals surface area contributed by atoms with Gasteiger partial charge in [0, 0.05) is 13.0 Å². The lowest BCUT2D eigenvalue weighted by atomic mass is 10.4. The summed E-state index contributed by atoms with van der Waals surface area (Å²) in [5.74, 6) is 2.18. The Kier molecular flexibility index (Phi) is 4.64. The standard InChI is InChI=1S/C10H12N2O2S/c1-3-5-6-11-10-12-7-8(15-10)9(13)14-4-2/h1,7H,4-6H2,2H3,(H,11,12). The molecule has 0 aliphatic heterocycles. The molecule has 5 heteroatoms. The molecule has 15 heavy (non-hydrogen) atoms. The highest BCUT2D eigenvalue weighted by Gasteiger charge is 2.10. The van der Waals surface area contributed by atoms with Crippen LogP contribution in [0.2, 0.25) is 0 Å². The second kappa shape index (κ2) is 6.04. The number of thiazole rings is 1. The average molecular weight is 224 g/mol. The fourth-order valence-corrected chi connectivity index (χ4v) is 1.63. The van der Waals surface area contributed by atoms with Crippen molar-refractivity contribution in [2.45, 2.75) is 13.3 Å². The van der Waals surface area contributed by atoms with E-state index in [-0.39, 0.29) is 5.97 Å². The third-order valence-electron chi connectivity index (χ3n) is 1.53. The maximum absolute atomic E-state index is 11.3. The van der Waals surface area contributed by atoms with Gasteiger partial charge >= 0.3 is 5.97 Å². The second-order valence-corrected chi connectivity index (χ2v) is 3.66. The number of hydrogen-bond donors (Lipinski definition) is 1. The van der Waals surface area contributed by atoms with Crippen molar-refractivity contribution in [1.82, 2.24) is 4.98 Å². The van der Waals surface area contributed by atoms with Crippen LogP contribution in [0.1, 0.15) is 23.0 Å². The van der Waals surface area contributed by atoms with E-state index >= 15 is 0 Å². The van der Waals surface area contributed by atoms with Crippen molar-refractivity contribution in [2.75, 3.05) is 18.5 Å². The Bertz CT molecular complexity index is 368. The predicted octanol–water partition coefficient (Wildman–Crippen LogP) is 1.75. The maximum atomic E-state index is 11.3. The first kappa shape index (κ1) is 11.5. The minimum absolute atomic E-state index is 0.333. The Morgan fingerprint density at radius 3 is 3.27 bits per heavy atom. The van der Waals surface area contributed by atoms with Crippen LogP contribution in [0, 0.1) is 12.3 Å². The third kappa shape index (κ3) is 3.60. The van der Waals surface area contributed by atoms with Crippen molar-refractivity contribution >= 4 is 22.4 Å². The zero-order valence-electron chi connectivity index (χ0n) is 8.45. The molecule has 0 aliphatic rings. The Hall–Kier alpha value is -1.54. The number of anilines is 1. The van der Waals surface area contributed by atoms with Crippen LogP contribution in [0.4, 0.5) is 5.13 Å². The number of esters is 1. The Morgan fingerprint density at radius 1 is 1.80 bits per heavy atom. The summed E-state index contributed by atoms with van der Waals surface area (Å²) < 4.78 is 4.84. The minimum Gasteiger partial charge on any atom is -0.462 e. The van der Waals surface area contributed by atoms with Crippen molar-refractivity contribution < 1.29 is 9.53 Å². The first-order valence-corrected chi connectivity index (χ1v) is 5.40. The second-order valence-electron chi connectivity index (χ2n) is 2.63. The first-order valence-electron chi connectivity index (χ1n) is 4.58. The van der Waals surface area contributed by atoms with Crippen LogP contribution in [0.15, 0.2) is 6.20 Å². The van der Waals surface area contributed by atoms with E-state index in [9.17, 15) is 4.79 Å². The lowest BCUT2D eigenvalue weighted by Crippen LogP contribution is -2.01. The fourth-order valence-electron chi connectivity index (χ4n) is 0.894. The van der Waals surface area contributed by atoms with Gasteiger partial charge in [-0.2, -0.15) is 0 Å². The molecule has 0 aliphatic carbocycles. The largest absolute Gasteiger partial charge is 0.462 e. The minimum atomic E-state index is -0.333. The van der Waals surface area contributed by atoms with E-state index in [2.05, 4.69) is 16.2 Å². The van der Waals surface area contributed by atoms with Gasteiger partial charge in [0.2, 0.25) is 0 Å². The highest BCUT2D eigenvalue weighted by molar-refractivity contribution is 7.17. The molecule has 1 aromatic heterocycles. The van der Waals surface area contributed by atoms with E-state index in [4.69, 9.17) is 11.2 Å². The van der Waals surface area contributed by atoms with Gasteiger partial charge in [-0.1, -0.05) is 11.3 Å². The third-order valence-corrected chi connectivity index (χ3v) is 2.46. The van der Waals surface area contributed by atoms with E-state index in [1.54, 1.807) is 6.92 Å². The normalized spacial score (nSPS) is 9.33. The van der Waals surface area contributed by atoms with Crippen LogP contribution in [0.3, 0.4) is 0 Å². The van der Waals surface area contributed by atoms with Crippen LogP contribution < -0.4 is 5.32 Å². The van der Waals surface area contributed by atoms with Crippen LogP contribution >= 0.6 is 11.3 Å². The molecule has 1 heterocycles. The molecular formula is C10H12N2O2S. The van der Waals surface area contributed by atoms with Gasteiger partial charge in [-0.05, 0) is 6.92 Å². The van der Waals surface area contributed by atoms with Gasteiger partial charge in [0.05, 0.1) is 12.8 Å². The van der Waals surface area contributed by atoms with E-state index in [1.165, 1.54) is 17.5 Å². The van der Waals surface area contributed by atoms with Crippen LogP contribution in [-0.4, -0.2) is 24.1 Å². The van der Waals surface area contributed by atoms with Crippen molar-refractivity contribution in [3.63, 3.8) is 0 Å². The molecule has 0 fully saturated rings. The van der Waals surface area contributed by atoms with Crippen molar-refractivity contribution in [2.24, 2.45) is 0 Å². The number of carbonyl (C=O) groups is 1.